The summed E-state index contributed by atoms with van der Waals surface area (Å²) in [6.07, 6.45) is 0. The second-order valence-corrected chi connectivity index (χ2v) is 18.1. The molecule has 0 saturated heterocycles. The van der Waals surface area contributed by atoms with Crippen molar-refractivity contribution >= 4 is 113 Å². The van der Waals surface area contributed by atoms with Crippen LogP contribution in [-0.2, 0) is 0 Å². The summed E-state index contributed by atoms with van der Waals surface area (Å²) >= 11 is 3.72. The Balaban J connectivity index is 0.936. The van der Waals surface area contributed by atoms with Crippen molar-refractivity contribution in [2.24, 2.45) is 0 Å². The van der Waals surface area contributed by atoms with Crippen molar-refractivity contribution in [3.05, 3.63) is 212 Å². The molecule has 0 amide bonds. The highest BCUT2D eigenvalue weighted by atomic mass is 32.1. The molecule has 0 atom stereocenters. The number of thiophene rings is 2. The zero-order valence-electron chi connectivity index (χ0n) is 33.4. The first kappa shape index (κ1) is 35.3. The summed E-state index contributed by atoms with van der Waals surface area (Å²) in [5.41, 5.74) is 12.4. The van der Waals surface area contributed by atoms with Crippen molar-refractivity contribution in [2.45, 2.75) is 0 Å². The van der Waals surface area contributed by atoms with E-state index < -0.39 is 0 Å². The molecule has 4 heteroatoms. The van der Waals surface area contributed by atoms with Crippen LogP contribution in [0.1, 0.15) is 0 Å². The first-order chi connectivity index (χ1) is 30.7. The van der Waals surface area contributed by atoms with E-state index in [0.29, 0.717) is 0 Å². The van der Waals surface area contributed by atoms with Gasteiger partial charge in [-0.15, -0.1) is 22.7 Å². The van der Waals surface area contributed by atoms with Gasteiger partial charge in [0.1, 0.15) is 11.2 Å². The summed E-state index contributed by atoms with van der Waals surface area (Å²) in [6.45, 7) is 0. The normalized spacial score (nSPS) is 11.9. The topological polar surface area (TPSA) is 16.4 Å². The van der Waals surface area contributed by atoms with Gasteiger partial charge < -0.3 is 9.32 Å². The van der Waals surface area contributed by atoms with Crippen LogP contribution >= 0.6 is 22.7 Å². The summed E-state index contributed by atoms with van der Waals surface area (Å²) in [5.74, 6) is 0. The van der Waals surface area contributed by atoms with Gasteiger partial charge in [0, 0.05) is 57.8 Å². The molecule has 0 aliphatic heterocycles. The molecule has 0 spiro atoms. The predicted molar refractivity (Wildman–Crippen MR) is 268 cm³/mol. The Morgan fingerprint density at radius 2 is 0.952 bits per heavy atom. The average Bonchev–Trinajstić information content (AvgIpc) is 4.04. The first-order valence-electron chi connectivity index (χ1n) is 21.0. The molecule has 0 unspecified atom stereocenters. The number of nitrogens with zero attached hydrogens (tertiary/aromatic N) is 1. The van der Waals surface area contributed by atoms with Crippen molar-refractivity contribution in [1.82, 2.24) is 0 Å². The fraction of sp³-hybridized carbons (Fsp3) is 0. The predicted octanol–water partition coefficient (Wildman–Crippen LogP) is 17.9. The van der Waals surface area contributed by atoms with Crippen LogP contribution in [0.15, 0.2) is 217 Å². The number of rotatable bonds is 6. The maximum Gasteiger partial charge on any atom is 0.137 e. The Labute approximate surface area is 365 Å². The minimum absolute atomic E-state index is 0.923. The van der Waals surface area contributed by atoms with Gasteiger partial charge >= 0.3 is 0 Å². The van der Waals surface area contributed by atoms with Crippen molar-refractivity contribution < 1.29 is 4.42 Å². The van der Waals surface area contributed by atoms with E-state index in [9.17, 15) is 0 Å². The maximum atomic E-state index is 6.51. The van der Waals surface area contributed by atoms with Crippen LogP contribution in [0.2, 0.25) is 0 Å². The number of hydrogen-bond acceptors (Lipinski definition) is 4. The Morgan fingerprint density at radius 1 is 0.339 bits per heavy atom. The van der Waals surface area contributed by atoms with E-state index in [2.05, 4.69) is 211 Å². The fourth-order valence-electron chi connectivity index (χ4n) is 9.59. The Hall–Kier alpha value is -7.50. The van der Waals surface area contributed by atoms with Crippen LogP contribution in [0.25, 0.3) is 106 Å². The van der Waals surface area contributed by atoms with Gasteiger partial charge in [0.05, 0.1) is 10.4 Å². The van der Waals surface area contributed by atoms with E-state index in [-0.39, 0.29) is 0 Å². The van der Waals surface area contributed by atoms with Crippen LogP contribution in [-0.4, -0.2) is 0 Å². The van der Waals surface area contributed by atoms with Crippen LogP contribution in [0.3, 0.4) is 0 Å². The highest BCUT2D eigenvalue weighted by Crippen LogP contribution is 2.48. The number of para-hydroxylation sites is 1. The second-order valence-electron chi connectivity index (χ2n) is 16.0. The van der Waals surface area contributed by atoms with E-state index in [1.165, 1.54) is 89.8 Å². The lowest BCUT2D eigenvalue weighted by atomic mass is 9.95. The summed E-state index contributed by atoms with van der Waals surface area (Å²) in [6, 6.07) is 77.3. The summed E-state index contributed by atoms with van der Waals surface area (Å²) in [7, 11) is 0. The van der Waals surface area contributed by atoms with Gasteiger partial charge in [-0.3, -0.25) is 0 Å². The monoisotopic (exact) mass is 825 g/mol. The summed E-state index contributed by atoms with van der Waals surface area (Å²) < 4.78 is 11.6. The highest BCUT2D eigenvalue weighted by molar-refractivity contribution is 7.27. The Morgan fingerprint density at radius 3 is 1.81 bits per heavy atom. The van der Waals surface area contributed by atoms with Gasteiger partial charge in [0.15, 0.2) is 0 Å². The quantitative estimate of drug-likeness (QED) is 0.166. The van der Waals surface area contributed by atoms with E-state index in [1.807, 2.05) is 28.7 Å². The summed E-state index contributed by atoms with van der Waals surface area (Å²) in [4.78, 5) is 2.43. The molecule has 13 rings (SSSR count). The van der Waals surface area contributed by atoms with Gasteiger partial charge in [-0.25, -0.2) is 0 Å². The van der Waals surface area contributed by atoms with Gasteiger partial charge in [0.2, 0.25) is 0 Å². The van der Waals surface area contributed by atoms with Crippen molar-refractivity contribution in [2.75, 3.05) is 4.90 Å². The molecule has 3 heterocycles. The number of fused-ring (bicyclic) bond motifs is 11. The highest BCUT2D eigenvalue weighted by Gasteiger charge is 2.21. The van der Waals surface area contributed by atoms with Crippen molar-refractivity contribution in [3.63, 3.8) is 0 Å². The third kappa shape index (κ3) is 5.54. The molecule has 13 aromatic rings. The molecule has 0 N–H and O–H groups in total. The lowest BCUT2D eigenvalue weighted by molar-refractivity contribution is 0.669. The van der Waals surface area contributed by atoms with E-state index in [4.69, 9.17) is 4.42 Å². The van der Waals surface area contributed by atoms with Crippen molar-refractivity contribution in [3.8, 4) is 33.4 Å². The zero-order chi connectivity index (χ0) is 40.7. The molecule has 62 heavy (non-hydrogen) atoms. The molecule has 0 radical (unpaired) electrons. The minimum atomic E-state index is 0.923. The molecule has 0 aliphatic rings. The molecule has 10 aromatic carbocycles. The van der Waals surface area contributed by atoms with E-state index in [0.717, 1.165) is 33.7 Å². The van der Waals surface area contributed by atoms with E-state index in [1.54, 1.807) is 0 Å². The number of hydrogen-bond donors (Lipinski definition) is 0. The molecule has 0 fully saturated rings. The van der Waals surface area contributed by atoms with Gasteiger partial charge in [-0.2, -0.15) is 0 Å². The third-order valence-electron chi connectivity index (χ3n) is 12.5. The molecular formula is C58H35NOS2. The average molecular weight is 826 g/mol. The molecule has 2 nitrogen and oxygen atoms in total. The van der Waals surface area contributed by atoms with Crippen LogP contribution in [0.5, 0.6) is 0 Å². The first-order valence-corrected chi connectivity index (χ1v) is 22.6. The fourth-order valence-corrected chi connectivity index (χ4v) is 12.1. The molecule has 0 bridgehead atoms. The Bertz CT molecular complexity index is 3860. The second kappa shape index (κ2) is 14.0. The molecule has 290 valence electrons. The lowest BCUT2D eigenvalue weighted by Crippen LogP contribution is -2.10. The summed E-state index contributed by atoms with van der Waals surface area (Å²) in [5, 5.41) is 10.0. The third-order valence-corrected chi connectivity index (χ3v) is 14.9. The zero-order valence-corrected chi connectivity index (χ0v) is 35.0. The van der Waals surface area contributed by atoms with E-state index >= 15 is 0 Å². The number of anilines is 3. The van der Waals surface area contributed by atoms with Crippen LogP contribution < -0.4 is 4.90 Å². The SMILES string of the molecule is c1cc(-c2ccc(-c3cc4oc5ccccc5c4c4sc5ccccc5c34)cc2)cc(N(c2ccc(-c3cccc4ccccc34)cc2)c2cccc3c2sc2ccccc23)c1. The van der Waals surface area contributed by atoms with Gasteiger partial charge in [0.25, 0.3) is 0 Å². The Kier molecular flexibility index (Phi) is 7.99. The van der Waals surface area contributed by atoms with Gasteiger partial charge in [-0.1, -0.05) is 158 Å². The minimum Gasteiger partial charge on any atom is -0.456 e. The van der Waals surface area contributed by atoms with Crippen LogP contribution in [0, 0.1) is 0 Å². The smallest absolute Gasteiger partial charge is 0.137 e. The number of benzene rings is 10. The van der Waals surface area contributed by atoms with Crippen molar-refractivity contribution in [1.29, 1.82) is 0 Å². The molecule has 0 aliphatic carbocycles. The molecule has 3 aromatic heterocycles. The maximum absolute atomic E-state index is 6.51. The molecular weight excluding hydrogens is 791 g/mol. The number of furan rings is 1. The van der Waals surface area contributed by atoms with Gasteiger partial charge in [-0.05, 0) is 98.8 Å². The largest absolute Gasteiger partial charge is 0.456 e. The van der Waals surface area contributed by atoms with Crippen LogP contribution in [0.4, 0.5) is 17.1 Å². The standard InChI is InChI=1S/C58H35NOS2/c1-2-16-43-37(12-1)13-10-20-44(43)38-30-32-41(33-31-38)59(50-22-11-21-46-45-17-4-7-24-53(45)61-57(46)50)42-15-9-14-40(34-42)36-26-28-39(29-27-36)49-35-52-56(47-18-3-6-23-51(47)60-52)58-55(49)48-19-5-8-25-54(48)62-58/h1-35H. The molecule has 0 saturated carbocycles. The lowest BCUT2D eigenvalue weighted by Gasteiger charge is -2.27.